The van der Waals surface area contributed by atoms with E-state index >= 15 is 0 Å². The van der Waals surface area contributed by atoms with E-state index in [4.69, 9.17) is 5.11 Å². The molecule has 0 spiro atoms. The Hall–Kier alpha value is -2.45. The molecule has 24 heavy (non-hydrogen) atoms. The van der Waals surface area contributed by atoms with Gasteiger partial charge < -0.3 is 5.11 Å². The number of urea groups is 1. The third-order valence-corrected chi connectivity index (χ3v) is 4.85. The van der Waals surface area contributed by atoms with Crippen molar-refractivity contribution in [2.24, 2.45) is 5.92 Å². The second kappa shape index (κ2) is 7.41. The summed E-state index contributed by atoms with van der Waals surface area (Å²) in [6.45, 7) is 1.05. The number of carboxylic acids is 1. The summed E-state index contributed by atoms with van der Waals surface area (Å²) in [4.78, 5) is 28.1. The minimum Gasteiger partial charge on any atom is -0.481 e. The van der Waals surface area contributed by atoms with Gasteiger partial charge in [-0.05, 0) is 18.4 Å². The molecular formula is C16H18N4O3S. The molecule has 0 aliphatic carbocycles. The maximum Gasteiger partial charge on any atom is 0.335 e. The fourth-order valence-electron chi connectivity index (χ4n) is 2.57. The number of nitrogens with one attached hydrogen (secondary N) is 2. The van der Waals surface area contributed by atoms with Crippen LogP contribution in [-0.2, 0) is 4.79 Å². The van der Waals surface area contributed by atoms with Gasteiger partial charge in [0.2, 0.25) is 0 Å². The van der Waals surface area contributed by atoms with Gasteiger partial charge in [-0.1, -0.05) is 41.7 Å². The highest BCUT2D eigenvalue weighted by atomic mass is 32.1. The zero-order chi connectivity index (χ0) is 16.9. The largest absolute Gasteiger partial charge is 0.481 e. The molecular weight excluding hydrogens is 328 g/mol. The molecule has 126 valence electrons. The van der Waals surface area contributed by atoms with Crippen LogP contribution < -0.4 is 10.7 Å². The molecule has 2 heterocycles. The second-order valence-corrected chi connectivity index (χ2v) is 6.59. The summed E-state index contributed by atoms with van der Waals surface area (Å²) in [5.41, 5.74) is 3.79. The number of carboxylic acid groups (broad SMARTS) is 1. The summed E-state index contributed by atoms with van der Waals surface area (Å²) in [6.07, 6.45) is 2.80. The molecule has 0 radical (unpaired) electrons. The Morgan fingerprint density at radius 3 is 2.58 bits per heavy atom. The van der Waals surface area contributed by atoms with Crippen LogP contribution in [0.15, 0.2) is 36.5 Å². The third-order valence-electron chi connectivity index (χ3n) is 3.89. The minimum absolute atomic E-state index is 0.321. The molecule has 1 saturated heterocycles. The number of hydrazine groups is 1. The topological polar surface area (TPSA) is 94.6 Å². The summed E-state index contributed by atoms with van der Waals surface area (Å²) in [5, 5.41) is 13.9. The number of nitrogens with zero attached hydrogens (tertiary/aromatic N) is 2. The van der Waals surface area contributed by atoms with Gasteiger partial charge in [0.05, 0.1) is 10.8 Å². The average Bonchev–Trinajstić information content (AvgIpc) is 3.04. The van der Waals surface area contributed by atoms with E-state index in [1.807, 2.05) is 30.3 Å². The van der Waals surface area contributed by atoms with E-state index in [0.29, 0.717) is 31.1 Å². The highest BCUT2D eigenvalue weighted by Crippen LogP contribution is 2.28. The van der Waals surface area contributed by atoms with E-state index < -0.39 is 5.97 Å². The predicted octanol–water partition coefficient (Wildman–Crippen LogP) is 2.64. The van der Waals surface area contributed by atoms with Crippen molar-refractivity contribution < 1.29 is 14.7 Å². The first kappa shape index (κ1) is 16.4. The number of anilines is 1. The number of hydrogen-bond acceptors (Lipinski definition) is 5. The van der Waals surface area contributed by atoms with Crippen molar-refractivity contribution in [1.29, 1.82) is 0 Å². The number of hydrogen-bond donors (Lipinski definition) is 3. The van der Waals surface area contributed by atoms with Crippen LogP contribution in [0.1, 0.15) is 12.8 Å². The summed E-state index contributed by atoms with van der Waals surface area (Å²) >= 11 is 1.40. The summed E-state index contributed by atoms with van der Waals surface area (Å²) in [7, 11) is 0. The second-order valence-electron chi connectivity index (χ2n) is 5.56. The molecule has 2 aromatic rings. The number of carbonyl (C=O) groups is 2. The first-order chi connectivity index (χ1) is 11.6. The molecule has 1 aliphatic rings. The number of aromatic nitrogens is 1. The lowest BCUT2D eigenvalue weighted by atomic mass is 9.98. The molecule has 0 unspecified atom stereocenters. The average molecular weight is 346 g/mol. The van der Waals surface area contributed by atoms with Crippen LogP contribution in [0.5, 0.6) is 0 Å². The quantitative estimate of drug-likeness (QED) is 0.791. The van der Waals surface area contributed by atoms with Crippen LogP contribution in [0.25, 0.3) is 10.4 Å². The number of thiazole rings is 1. The molecule has 2 amide bonds. The lowest BCUT2D eigenvalue weighted by molar-refractivity contribution is -0.143. The SMILES string of the molecule is O=C(Nc1ncc(-c2ccccc2)s1)NN1CCC(C(=O)O)CC1. The first-order valence-corrected chi connectivity index (χ1v) is 8.50. The smallest absolute Gasteiger partial charge is 0.335 e. The molecule has 1 aliphatic heterocycles. The third kappa shape index (κ3) is 4.09. The minimum atomic E-state index is -0.768. The van der Waals surface area contributed by atoms with Crippen molar-refractivity contribution in [3.8, 4) is 10.4 Å². The van der Waals surface area contributed by atoms with Gasteiger partial charge in [-0.15, -0.1) is 0 Å². The number of amides is 2. The number of aliphatic carboxylic acids is 1. The normalized spacial score (nSPS) is 15.8. The van der Waals surface area contributed by atoms with Crippen molar-refractivity contribution in [3.63, 3.8) is 0 Å². The van der Waals surface area contributed by atoms with Gasteiger partial charge in [-0.25, -0.2) is 14.8 Å². The van der Waals surface area contributed by atoms with Crippen molar-refractivity contribution in [2.45, 2.75) is 12.8 Å². The standard InChI is InChI=1S/C16H18N4O3S/c21-14(22)12-6-8-20(9-7-12)19-15(23)18-16-17-10-13(24-16)11-4-2-1-3-5-11/h1-5,10,12H,6-9H2,(H,21,22)(H2,17,18,19,23). The molecule has 3 N–H and O–H groups in total. The maximum absolute atomic E-state index is 12.0. The Balaban J connectivity index is 1.51. The summed E-state index contributed by atoms with van der Waals surface area (Å²) in [6, 6.07) is 9.47. The van der Waals surface area contributed by atoms with Crippen molar-refractivity contribution >= 4 is 28.5 Å². The van der Waals surface area contributed by atoms with Crippen LogP contribution in [0.4, 0.5) is 9.93 Å². The number of piperidine rings is 1. The monoisotopic (exact) mass is 346 g/mol. The van der Waals surface area contributed by atoms with Crippen molar-refractivity contribution in [2.75, 3.05) is 18.4 Å². The molecule has 0 saturated carbocycles. The number of benzene rings is 1. The van der Waals surface area contributed by atoms with Gasteiger partial charge in [0.1, 0.15) is 0 Å². The van der Waals surface area contributed by atoms with Crippen LogP contribution in [0.3, 0.4) is 0 Å². The highest BCUT2D eigenvalue weighted by molar-refractivity contribution is 7.19. The maximum atomic E-state index is 12.0. The van der Waals surface area contributed by atoms with E-state index in [1.165, 1.54) is 11.3 Å². The Bertz CT molecular complexity index is 711. The van der Waals surface area contributed by atoms with E-state index in [0.717, 1.165) is 10.4 Å². The van der Waals surface area contributed by atoms with Crippen molar-refractivity contribution in [1.82, 2.24) is 15.4 Å². The Morgan fingerprint density at radius 1 is 1.21 bits per heavy atom. The summed E-state index contributed by atoms with van der Waals surface area (Å²) < 4.78 is 0. The lowest BCUT2D eigenvalue weighted by Gasteiger charge is -2.29. The Labute approximate surface area is 143 Å². The van der Waals surface area contributed by atoms with Crippen LogP contribution >= 0.6 is 11.3 Å². The predicted molar refractivity (Wildman–Crippen MR) is 91.6 cm³/mol. The fourth-order valence-corrected chi connectivity index (χ4v) is 3.39. The molecule has 1 fully saturated rings. The van der Waals surface area contributed by atoms with Gasteiger partial charge in [0.25, 0.3) is 0 Å². The number of carbonyl (C=O) groups excluding carboxylic acids is 1. The van der Waals surface area contributed by atoms with Gasteiger partial charge in [0.15, 0.2) is 5.13 Å². The van der Waals surface area contributed by atoms with E-state index in [1.54, 1.807) is 11.2 Å². The number of rotatable bonds is 4. The first-order valence-electron chi connectivity index (χ1n) is 7.68. The molecule has 3 rings (SSSR count). The molecule has 7 nitrogen and oxygen atoms in total. The highest BCUT2D eigenvalue weighted by Gasteiger charge is 2.25. The summed E-state index contributed by atoms with van der Waals surface area (Å²) in [5.74, 6) is -1.09. The van der Waals surface area contributed by atoms with Gasteiger partial charge in [-0.2, -0.15) is 0 Å². The molecule has 1 aromatic carbocycles. The Kier molecular flexibility index (Phi) is 5.07. The lowest BCUT2D eigenvalue weighted by Crippen LogP contribution is -2.49. The van der Waals surface area contributed by atoms with E-state index in [-0.39, 0.29) is 11.9 Å². The van der Waals surface area contributed by atoms with Crippen molar-refractivity contribution in [3.05, 3.63) is 36.5 Å². The molecule has 8 heteroatoms. The van der Waals surface area contributed by atoms with Gasteiger partial charge in [-0.3, -0.25) is 15.5 Å². The molecule has 1 aromatic heterocycles. The zero-order valence-corrected chi connectivity index (χ0v) is 13.8. The molecule has 0 atom stereocenters. The van der Waals surface area contributed by atoms with Crippen LogP contribution in [-0.4, -0.2) is 40.2 Å². The molecule has 0 bridgehead atoms. The van der Waals surface area contributed by atoms with Crippen LogP contribution in [0, 0.1) is 5.92 Å². The Morgan fingerprint density at radius 2 is 1.92 bits per heavy atom. The van der Waals surface area contributed by atoms with Crippen LogP contribution in [0.2, 0.25) is 0 Å². The van der Waals surface area contributed by atoms with E-state index in [2.05, 4.69) is 15.7 Å². The van der Waals surface area contributed by atoms with Gasteiger partial charge >= 0.3 is 12.0 Å². The fraction of sp³-hybridized carbons (Fsp3) is 0.312. The van der Waals surface area contributed by atoms with E-state index in [9.17, 15) is 9.59 Å². The zero-order valence-electron chi connectivity index (χ0n) is 12.9. The van der Waals surface area contributed by atoms with Gasteiger partial charge in [0, 0.05) is 19.3 Å².